The predicted octanol–water partition coefficient (Wildman–Crippen LogP) is 7.84. The zero-order valence-corrected chi connectivity index (χ0v) is 24.1. The number of carboxylic acids is 1. The van der Waals surface area contributed by atoms with E-state index in [0.29, 0.717) is 5.57 Å². The number of allylic oxidation sites excluding steroid dienone is 5. The Hall–Kier alpha value is -4.45. The number of aromatic nitrogens is 4. The molecule has 6 nitrogen and oxygen atoms in total. The second-order valence-corrected chi connectivity index (χ2v) is 11.4. The Bertz CT molecular complexity index is 1930. The van der Waals surface area contributed by atoms with E-state index >= 15 is 0 Å². The normalized spacial score (nSPS) is 20.2. The van der Waals surface area contributed by atoms with E-state index in [2.05, 4.69) is 82.4 Å². The lowest BCUT2D eigenvalue weighted by molar-refractivity contribution is -0.133. The first kappa shape index (κ1) is 25.8. The van der Waals surface area contributed by atoms with E-state index in [-0.39, 0.29) is 5.92 Å². The third kappa shape index (κ3) is 3.52. The van der Waals surface area contributed by atoms with Crippen molar-refractivity contribution in [1.29, 1.82) is 0 Å². The molecule has 0 radical (unpaired) electrons. The summed E-state index contributed by atoms with van der Waals surface area (Å²) < 4.78 is 0. The van der Waals surface area contributed by atoms with Crippen LogP contribution in [0.25, 0.3) is 44.9 Å². The maximum atomic E-state index is 12.2. The van der Waals surface area contributed by atoms with Gasteiger partial charge in [-0.1, -0.05) is 31.7 Å². The lowest BCUT2D eigenvalue weighted by Gasteiger charge is -2.36. The van der Waals surface area contributed by atoms with Crippen LogP contribution in [-0.2, 0) is 10.2 Å². The van der Waals surface area contributed by atoms with Gasteiger partial charge in [-0.15, -0.1) is 0 Å². The monoisotopic (exact) mass is 530 g/mol. The van der Waals surface area contributed by atoms with Gasteiger partial charge in [0.1, 0.15) is 0 Å². The van der Waals surface area contributed by atoms with Gasteiger partial charge in [0.25, 0.3) is 0 Å². The van der Waals surface area contributed by atoms with Gasteiger partial charge in [0.15, 0.2) is 0 Å². The summed E-state index contributed by atoms with van der Waals surface area (Å²) in [6, 6.07) is 8.39. The fourth-order valence-corrected chi connectivity index (χ4v) is 6.31. The minimum Gasteiger partial charge on any atom is -0.478 e. The van der Waals surface area contributed by atoms with Gasteiger partial charge in [0.05, 0.1) is 22.8 Å². The molecule has 1 aliphatic carbocycles. The second kappa shape index (κ2) is 8.78. The van der Waals surface area contributed by atoms with Crippen LogP contribution >= 0.6 is 0 Å². The molecule has 8 bridgehead atoms. The Morgan fingerprint density at radius 2 is 1.45 bits per heavy atom. The molecule has 3 N–H and O–H groups in total. The van der Waals surface area contributed by atoms with Gasteiger partial charge in [-0.3, -0.25) is 4.98 Å². The van der Waals surface area contributed by atoms with Crippen LogP contribution in [0.4, 0.5) is 0 Å². The Morgan fingerprint density at radius 1 is 0.850 bits per heavy atom. The van der Waals surface area contributed by atoms with Crippen LogP contribution in [0.2, 0.25) is 0 Å². The molecule has 3 aromatic heterocycles. The fraction of sp³-hybridized carbons (Fsp3) is 0.265. The van der Waals surface area contributed by atoms with Crippen molar-refractivity contribution in [3.8, 4) is 0 Å². The van der Waals surface area contributed by atoms with Gasteiger partial charge >= 0.3 is 5.97 Å². The lowest BCUT2D eigenvalue weighted by Crippen LogP contribution is -2.34. The SMILES string of the molecule is C=Cc1c(C)c2cc3[nH]c(cc4nc(cc5nc(cc1[nH]2)C1(C)C5=CC=C(C(=O)O)C1C)C(C)=C4C)c(C)c3C. The average Bonchev–Trinajstić information content (AvgIpc) is 3.54. The van der Waals surface area contributed by atoms with Crippen molar-refractivity contribution in [3.05, 3.63) is 93.6 Å². The number of carboxylic acid groups (broad SMARTS) is 1. The number of nitrogens with zero attached hydrogens (tertiary/aromatic N) is 2. The van der Waals surface area contributed by atoms with Crippen LogP contribution in [-0.4, -0.2) is 31.0 Å². The van der Waals surface area contributed by atoms with Crippen molar-refractivity contribution in [2.24, 2.45) is 5.92 Å². The van der Waals surface area contributed by atoms with Gasteiger partial charge in [0, 0.05) is 44.5 Å². The molecule has 0 saturated heterocycles. The summed E-state index contributed by atoms with van der Waals surface area (Å²) in [5.41, 5.74) is 14.9. The molecular formula is C34H34N4O2. The summed E-state index contributed by atoms with van der Waals surface area (Å²) >= 11 is 0. The highest BCUT2D eigenvalue weighted by molar-refractivity contribution is 5.95. The molecule has 3 aliphatic rings. The zero-order valence-electron chi connectivity index (χ0n) is 24.1. The van der Waals surface area contributed by atoms with Crippen LogP contribution in [0.1, 0.15) is 72.7 Å². The number of nitrogens with one attached hydrogen (secondary N) is 2. The summed E-state index contributed by atoms with van der Waals surface area (Å²) in [5.74, 6) is -1.19. The lowest BCUT2D eigenvalue weighted by atomic mass is 9.65. The highest BCUT2D eigenvalue weighted by Gasteiger charge is 2.47. The average molecular weight is 531 g/mol. The number of hydrogen-bond acceptors (Lipinski definition) is 3. The third-order valence-corrected chi connectivity index (χ3v) is 9.53. The number of hydrogen-bond donors (Lipinski definition) is 3. The quantitative estimate of drug-likeness (QED) is 0.315. The number of carbonyl (C=O) groups is 1. The number of aromatic amines is 2. The minimum atomic E-state index is -0.904. The molecule has 6 rings (SSSR count). The van der Waals surface area contributed by atoms with Crippen LogP contribution in [0.3, 0.4) is 0 Å². The minimum absolute atomic E-state index is 0.288. The first-order valence-corrected chi connectivity index (χ1v) is 13.6. The van der Waals surface area contributed by atoms with E-state index in [9.17, 15) is 9.90 Å². The van der Waals surface area contributed by atoms with Crippen molar-refractivity contribution in [1.82, 2.24) is 19.9 Å². The number of fused-ring (bicyclic) bond motifs is 11. The molecule has 0 fully saturated rings. The van der Waals surface area contributed by atoms with E-state index in [0.717, 1.165) is 72.7 Å². The summed E-state index contributed by atoms with van der Waals surface area (Å²) in [5, 5.41) is 9.98. The number of aryl methyl sites for hydroxylation is 3. The first-order valence-electron chi connectivity index (χ1n) is 13.6. The van der Waals surface area contributed by atoms with Crippen LogP contribution in [0.15, 0.2) is 48.6 Å². The van der Waals surface area contributed by atoms with E-state index < -0.39 is 11.4 Å². The van der Waals surface area contributed by atoms with Crippen molar-refractivity contribution in [2.45, 2.75) is 53.9 Å². The van der Waals surface area contributed by atoms with Crippen LogP contribution < -0.4 is 0 Å². The summed E-state index contributed by atoms with van der Waals surface area (Å²) in [6.07, 6.45) is 5.52. The Kier molecular flexibility index (Phi) is 5.67. The standard InChI is InChI=1S/C34H34N4O2/c1-9-22-20(6)29-13-27-17(3)16(2)25(35-27)12-26-18(4)19(5)28(36-26)14-31-24-11-10-23(33(39)40)21(7)34(24,8)32(38-31)15-30(22)37-29/h9-15,21,35,37H,1H2,2-8H3,(H,39,40). The van der Waals surface area contributed by atoms with Gasteiger partial charge < -0.3 is 15.1 Å². The molecule has 0 aromatic carbocycles. The second-order valence-electron chi connectivity index (χ2n) is 11.4. The van der Waals surface area contributed by atoms with Crippen molar-refractivity contribution >= 4 is 50.8 Å². The highest BCUT2D eigenvalue weighted by atomic mass is 16.4. The fourth-order valence-electron chi connectivity index (χ4n) is 6.31. The van der Waals surface area contributed by atoms with Crippen LogP contribution in [0, 0.1) is 26.7 Å². The van der Waals surface area contributed by atoms with Gasteiger partial charge in [-0.05, 0) is 99.2 Å². The van der Waals surface area contributed by atoms with Crippen molar-refractivity contribution in [3.63, 3.8) is 0 Å². The van der Waals surface area contributed by atoms with Crippen molar-refractivity contribution < 1.29 is 9.90 Å². The third-order valence-electron chi connectivity index (χ3n) is 9.53. The molecular weight excluding hydrogens is 496 g/mol. The molecule has 5 heterocycles. The first-order chi connectivity index (χ1) is 18.9. The summed E-state index contributed by atoms with van der Waals surface area (Å²) in [4.78, 5) is 29.6. The van der Waals surface area contributed by atoms with Gasteiger partial charge in [0.2, 0.25) is 0 Å². The Labute approximate surface area is 233 Å². The largest absolute Gasteiger partial charge is 0.478 e. The van der Waals surface area contributed by atoms with Crippen molar-refractivity contribution in [2.75, 3.05) is 0 Å². The number of H-pyrrole nitrogens is 2. The van der Waals surface area contributed by atoms with E-state index in [1.54, 1.807) is 6.08 Å². The smallest absolute Gasteiger partial charge is 0.331 e. The topological polar surface area (TPSA) is 94.7 Å². The number of aliphatic carboxylic acids is 1. The molecule has 2 aliphatic heterocycles. The highest BCUT2D eigenvalue weighted by Crippen LogP contribution is 2.51. The maximum absolute atomic E-state index is 12.2. The van der Waals surface area contributed by atoms with Gasteiger partial charge in [-0.2, -0.15) is 0 Å². The maximum Gasteiger partial charge on any atom is 0.331 e. The van der Waals surface area contributed by atoms with E-state index in [1.807, 2.05) is 19.1 Å². The summed E-state index contributed by atoms with van der Waals surface area (Å²) in [7, 11) is 0. The molecule has 6 heteroatoms. The molecule has 3 aromatic rings. The molecule has 40 heavy (non-hydrogen) atoms. The molecule has 0 amide bonds. The van der Waals surface area contributed by atoms with E-state index in [4.69, 9.17) is 9.97 Å². The molecule has 0 saturated carbocycles. The molecule has 202 valence electrons. The zero-order chi connectivity index (χ0) is 28.7. The predicted molar refractivity (Wildman–Crippen MR) is 164 cm³/mol. The molecule has 2 atom stereocenters. The summed E-state index contributed by atoms with van der Waals surface area (Å²) in [6.45, 7) is 18.7. The Morgan fingerprint density at radius 3 is 2.10 bits per heavy atom. The number of rotatable bonds is 2. The molecule has 0 spiro atoms. The van der Waals surface area contributed by atoms with E-state index in [1.165, 1.54) is 11.1 Å². The molecule has 2 unspecified atom stereocenters. The van der Waals surface area contributed by atoms with Crippen LogP contribution in [0.5, 0.6) is 0 Å². The Balaban J connectivity index is 1.81. The van der Waals surface area contributed by atoms with Gasteiger partial charge in [-0.25, -0.2) is 9.78 Å².